The van der Waals surface area contributed by atoms with E-state index in [0.29, 0.717) is 5.69 Å². The molecule has 1 aromatic heterocycles. The van der Waals surface area contributed by atoms with Crippen LogP contribution in [0.4, 0.5) is 11.4 Å². The number of carbonyl (C=O) groups excluding carboxylic acids is 1. The van der Waals surface area contributed by atoms with Crippen LogP contribution in [0.5, 0.6) is 0 Å². The minimum atomic E-state index is -0.703. The van der Waals surface area contributed by atoms with Gasteiger partial charge < -0.3 is 4.90 Å². The Kier molecular flexibility index (Phi) is 4.18. The predicted molar refractivity (Wildman–Crippen MR) is 79.8 cm³/mol. The number of aromatic nitrogens is 1. The SMILES string of the molecule is Cc1ccc(N(C)C(=O)c2ccnc(Cl)c2[N+](=O)[O-])cc1. The van der Waals surface area contributed by atoms with Crippen LogP contribution in [-0.2, 0) is 0 Å². The Balaban J connectivity index is 2.43. The minimum Gasteiger partial charge on any atom is -0.311 e. The molecule has 1 amide bonds. The Hall–Kier alpha value is -2.47. The van der Waals surface area contributed by atoms with Crippen LogP contribution in [-0.4, -0.2) is 22.9 Å². The van der Waals surface area contributed by atoms with Gasteiger partial charge in [0, 0.05) is 18.9 Å². The maximum absolute atomic E-state index is 12.4. The fourth-order valence-corrected chi connectivity index (χ4v) is 2.07. The second-order valence-electron chi connectivity index (χ2n) is 4.45. The van der Waals surface area contributed by atoms with Crippen molar-refractivity contribution in [1.29, 1.82) is 0 Å². The van der Waals surface area contributed by atoms with Gasteiger partial charge >= 0.3 is 5.69 Å². The summed E-state index contributed by atoms with van der Waals surface area (Å²) in [6, 6.07) is 8.53. The number of rotatable bonds is 3. The van der Waals surface area contributed by atoms with Crippen LogP contribution in [0.15, 0.2) is 36.5 Å². The Bertz CT molecular complexity index is 701. The first kappa shape index (κ1) is 14.9. The van der Waals surface area contributed by atoms with Gasteiger partial charge in [-0.3, -0.25) is 14.9 Å². The van der Waals surface area contributed by atoms with Crippen molar-refractivity contribution in [3.8, 4) is 0 Å². The number of amides is 1. The second-order valence-corrected chi connectivity index (χ2v) is 4.81. The molecule has 0 saturated heterocycles. The summed E-state index contributed by atoms with van der Waals surface area (Å²) in [6.45, 7) is 1.93. The van der Waals surface area contributed by atoms with Gasteiger partial charge in [0.25, 0.3) is 5.91 Å². The standard InChI is InChI=1S/C14H12ClN3O3/c1-9-3-5-10(6-4-9)17(2)14(19)11-7-8-16-13(15)12(11)18(20)21/h3-8H,1-2H3. The highest BCUT2D eigenvalue weighted by Crippen LogP contribution is 2.28. The van der Waals surface area contributed by atoms with E-state index in [4.69, 9.17) is 11.6 Å². The van der Waals surface area contributed by atoms with E-state index in [1.165, 1.54) is 17.2 Å². The fraction of sp³-hybridized carbons (Fsp3) is 0.143. The first-order valence-electron chi connectivity index (χ1n) is 6.05. The Labute approximate surface area is 126 Å². The Morgan fingerprint density at radius 1 is 1.29 bits per heavy atom. The molecule has 0 spiro atoms. The molecule has 2 aromatic rings. The Morgan fingerprint density at radius 2 is 1.90 bits per heavy atom. The third kappa shape index (κ3) is 3.00. The molecule has 2 rings (SSSR count). The van der Waals surface area contributed by atoms with Gasteiger partial charge in [0.15, 0.2) is 0 Å². The van der Waals surface area contributed by atoms with Crippen LogP contribution in [0.25, 0.3) is 0 Å². The van der Waals surface area contributed by atoms with E-state index in [0.717, 1.165) is 5.56 Å². The normalized spacial score (nSPS) is 10.2. The van der Waals surface area contributed by atoms with Gasteiger partial charge in [0.05, 0.1) is 4.92 Å². The third-order valence-corrected chi connectivity index (χ3v) is 3.30. The molecule has 0 aliphatic carbocycles. The number of nitrogens with zero attached hydrogens (tertiary/aromatic N) is 3. The highest BCUT2D eigenvalue weighted by atomic mass is 35.5. The molecule has 1 heterocycles. The summed E-state index contributed by atoms with van der Waals surface area (Å²) < 4.78 is 0. The number of pyridine rings is 1. The van der Waals surface area contributed by atoms with E-state index < -0.39 is 16.5 Å². The molecule has 21 heavy (non-hydrogen) atoms. The van der Waals surface area contributed by atoms with Crippen molar-refractivity contribution >= 4 is 28.9 Å². The van der Waals surface area contributed by atoms with Crippen LogP contribution in [0, 0.1) is 17.0 Å². The zero-order valence-corrected chi connectivity index (χ0v) is 12.2. The molecule has 0 aliphatic rings. The number of benzene rings is 1. The number of carbonyl (C=O) groups is 1. The van der Waals surface area contributed by atoms with Crippen LogP contribution in [0.3, 0.4) is 0 Å². The zero-order valence-electron chi connectivity index (χ0n) is 11.4. The van der Waals surface area contributed by atoms with Gasteiger partial charge in [0.2, 0.25) is 5.15 Å². The van der Waals surface area contributed by atoms with E-state index in [9.17, 15) is 14.9 Å². The van der Waals surface area contributed by atoms with Gasteiger partial charge in [-0.05, 0) is 25.1 Å². The number of hydrogen-bond donors (Lipinski definition) is 0. The predicted octanol–water partition coefficient (Wildman–Crippen LogP) is 3.23. The molecule has 0 aliphatic heterocycles. The molecule has 0 N–H and O–H groups in total. The topological polar surface area (TPSA) is 76.3 Å². The van der Waals surface area contributed by atoms with Crippen molar-refractivity contribution in [1.82, 2.24) is 4.98 Å². The number of hydrogen-bond acceptors (Lipinski definition) is 4. The van der Waals surface area contributed by atoms with E-state index >= 15 is 0 Å². The summed E-state index contributed by atoms with van der Waals surface area (Å²) in [7, 11) is 1.55. The molecule has 0 atom stereocenters. The minimum absolute atomic E-state index is 0.0944. The number of anilines is 1. The van der Waals surface area contributed by atoms with Crippen molar-refractivity contribution in [2.24, 2.45) is 0 Å². The lowest BCUT2D eigenvalue weighted by Gasteiger charge is -2.17. The molecule has 1 aromatic carbocycles. The quantitative estimate of drug-likeness (QED) is 0.495. The number of nitro groups is 1. The average molecular weight is 306 g/mol. The monoisotopic (exact) mass is 305 g/mol. The van der Waals surface area contributed by atoms with Gasteiger partial charge in [0.1, 0.15) is 5.56 Å². The molecule has 7 heteroatoms. The Morgan fingerprint density at radius 3 is 2.48 bits per heavy atom. The first-order chi connectivity index (χ1) is 9.91. The highest BCUT2D eigenvalue weighted by Gasteiger charge is 2.27. The van der Waals surface area contributed by atoms with Crippen molar-refractivity contribution in [3.05, 3.63) is 62.9 Å². The van der Waals surface area contributed by atoms with Crippen molar-refractivity contribution in [3.63, 3.8) is 0 Å². The van der Waals surface area contributed by atoms with Gasteiger partial charge in [-0.25, -0.2) is 4.98 Å². The lowest BCUT2D eigenvalue weighted by molar-refractivity contribution is -0.385. The van der Waals surface area contributed by atoms with Crippen molar-refractivity contribution in [2.45, 2.75) is 6.92 Å². The van der Waals surface area contributed by atoms with Gasteiger partial charge in [-0.2, -0.15) is 0 Å². The van der Waals surface area contributed by atoms with E-state index in [1.54, 1.807) is 19.2 Å². The fourth-order valence-electron chi connectivity index (χ4n) is 1.84. The first-order valence-corrected chi connectivity index (χ1v) is 6.43. The lowest BCUT2D eigenvalue weighted by atomic mass is 10.1. The van der Waals surface area contributed by atoms with E-state index in [1.807, 2.05) is 19.1 Å². The number of aryl methyl sites for hydroxylation is 1. The maximum Gasteiger partial charge on any atom is 0.319 e. The molecule has 6 nitrogen and oxygen atoms in total. The van der Waals surface area contributed by atoms with Crippen molar-refractivity contribution < 1.29 is 9.72 Å². The third-order valence-electron chi connectivity index (χ3n) is 3.02. The smallest absolute Gasteiger partial charge is 0.311 e. The lowest BCUT2D eigenvalue weighted by Crippen LogP contribution is -2.27. The van der Waals surface area contributed by atoms with Crippen LogP contribution >= 0.6 is 11.6 Å². The van der Waals surface area contributed by atoms with Gasteiger partial charge in [-0.15, -0.1) is 0 Å². The molecular weight excluding hydrogens is 294 g/mol. The average Bonchev–Trinajstić information content (AvgIpc) is 2.46. The largest absolute Gasteiger partial charge is 0.319 e. The molecule has 0 radical (unpaired) electrons. The summed E-state index contributed by atoms with van der Waals surface area (Å²) in [5.41, 5.74) is 1.11. The highest BCUT2D eigenvalue weighted by molar-refractivity contribution is 6.32. The van der Waals surface area contributed by atoms with Gasteiger partial charge in [-0.1, -0.05) is 29.3 Å². The number of halogens is 1. The van der Waals surface area contributed by atoms with E-state index in [-0.39, 0.29) is 10.7 Å². The van der Waals surface area contributed by atoms with E-state index in [2.05, 4.69) is 4.98 Å². The zero-order chi connectivity index (χ0) is 15.6. The van der Waals surface area contributed by atoms with Crippen LogP contribution in [0.1, 0.15) is 15.9 Å². The summed E-state index contributed by atoms with van der Waals surface area (Å²) in [5.74, 6) is -0.519. The van der Waals surface area contributed by atoms with Crippen LogP contribution in [0.2, 0.25) is 5.15 Å². The summed E-state index contributed by atoms with van der Waals surface area (Å²) in [5, 5.41) is 10.8. The molecular formula is C14H12ClN3O3. The molecule has 108 valence electrons. The van der Waals surface area contributed by atoms with Crippen LogP contribution < -0.4 is 4.90 Å². The van der Waals surface area contributed by atoms with Crippen molar-refractivity contribution in [2.75, 3.05) is 11.9 Å². The molecule has 0 bridgehead atoms. The summed E-state index contributed by atoms with van der Waals surface area (Å²) >= 11 is 5.72. The summed E-state index contributed by atoms with van der Waals surface area (Å²) in [4.78, 5) is 27.8. The molecule has 0 unspecified atom stereocenters. The molecule has 0 saturated carbocycles. The second kappa shape index (κ2) is 5.88. The maximum atomic E-state index is 12.4. The molecule has 0 fully saturated rings. The summed E-state index contributed by atoms with van der Waals surface area (Å²) in [6.07, 6.45) is 1.27.